The fourth-order valence-corrected chi connectivity index (χ4v) is 3.95. The molecule has 0 atom stereocenters. The smallest absolute Gasteiger partial charge is 0.345 e. The fourth-order valence-electron chi connectivity index (χ4n) is 1.18. The lowest BCUT2D eigenvalue weighted by Crippen LogP contribution is -1.89. The van der Waals surface area contributed by atoms with Gasteiger partial charge in [-0.1, -0.05) is 15.9 Å². The molecule has 0 aliphatic rings. The molecule has 1 aromatic carbocycles. The molecule has 0 bridgehead atoms. The van der Waals surface area contributed by atoms with Crippen LogP contribution in [0.4, 0.5) is 0 Å². The van der Waals surface area contributed by atoms with Gasteiger partial charge >= 0.3 is 5.97 Å². The first-order valence-electron chi connectivity index (χ1n) is 3.70. The molecular formula is C9H4BrIO2S. The van der Waals surface area contributed by atoms with Crippen molar-refractivity contribution >= 4 is 65.9 Å². The zero-order chi connectivity index (χ0) is 10.3. The van der Waals surface area contributed by atoms with Crippen molar-refractivity contribution in [3.8, 4) is 0 Å². The van der Waals surface area contributed by atoms with Crippen molar-refractivity contribution in [3.63, 3.8) is 0 Å². The number of hydrogen-bond acceptors (Lipinski definition) is 2. The normalized spacial score (nSPS) is 10.7. The van der Waals surface area contributed by atoms with Crippen molar-refractivity contribution in [1.29, 1.82) is 0 Å². The number of rotatable bonds is 1. The standard InChI is InChI=1S/C9H4BrIO2S/c10-5-1-4-2-7(9(12)13)14-8(4)6(11)3-5/h1-3H,(H,12,13). The van der Waals surface area contributed by atoms with Crippen LogP contribution in [0.5, 0.6) is 0 Å². The molecule has 14 heavy (non-hydrogen) atoms. The van der Waals surface area contributed by atoms with Crippen LogP contribution in [0.1, 0.15) is 9.67 Å². The summed E-state index contributed by atoms with van der Waals surface area (Å²) in [5.74, 6) is -0.863. The summed E-state index contributed by atoms with van der Waals surface area (Å²) >= 11 is 6.90. The van der Waals surface area contributed by atoms with E-state index in [4.69, 9.17) is 5.11 Å². The van der Waals surface area contributed by atoms with Crippen LogP contribution in [-0.2, 0) is 0 Å². The molecule has 1 aromatic heterocycles. The maximum Gasteiger partial charge on any atom is 0.345 e. The fraction of sp³-hybridized carbons (Fsp3) is 0. The third kappa shape index (κ3) is 1.80. The zero-order valence-electron chi connectivity index (χ0n) is 6.75. The van der Waals surface area contributed by atoms with Gasteiger partial charge in [-0.2, -0.15) is 0 Å². The average Bonchev–Trinajstić information content (AvgIpc) is 2.47. The largest absolute Gasteiger partial charge is 0.477 e. The van der Waals surface area contributed by atoms with E-state index in [0.29, 0.717) is 4.88 Å². The lowest BCUT2D eigenvalue weighted by Gasteiger charge is -1.94. The van der Waals surface area contributed by atoms with E-state index in [2.05, 4.69) is 38.5 Å². The molecule has 0 fully saturated rings. The molecule has 0 unspecified atom stereocenters. The van der Waals surface area contributed by atoms with E-state index < -0.39 is 5.97 Å². The molecule has 0 radical (unpaired) electrons. The molecule has 0 saturated carbocycles. The lowest BCUT2D eigenvalue weighted by molar-refractivity contribution is 0.0702. The number of benzene rings is 1. The molecule has 0 spiro atoms. The van der Waals surface area contributed by atoms with Gasteiger partial charge in [-0.3, -0.25) is 0 Å². The van der Waals surface area contributed by atoms with Crippen LogP contribution in [-0.4, -0.2) is 11.1 Å². The molecule has 72 valence electrons. The number of fused-ring (bicyclic) bond motifs is 1. The van der Waals surface area contributed by atoms with Gasteiger partial charge in [0.15, 0.2) is 0 Å². The Bertz CT molecular complexity index is 521. The minimum absolute atomic E-state index is 0.385. The predicted molar refractivity (Wildman–Crippen MR) is 69.2 cm³/mol. The van der Waals surface area contributed by atoms with Gasteiger partial charge in [0.25, 0.3) is 0 Å². The van der Waals surface area contributed by atoms with Crippen LogP contribution < -0.4 is 0 Å². The summed E-state index contributed by atoms with van der Waals surface area (Å²) in [6.07, 6.45) is 0. The molecule has 0 amide bonds. The number of thiophene rings is 1. The van der Waals surface area contributed by atoms with E-state index in [9.17, 15) is 4.79 Å². The minimum atomic E-state index is -0.863. The van der Waals surface area contributed by atoms with E-state index in [1.165, 1.54) is 11.3 Å². The zero-order valence-corrected chi connectivity index (χ0v) is 11.3. The van der Waals surface area contributed by atoms with Gasteiger partial charge in [0.05, 0.1) is 0 Å². The second kappa shape index (κ2) is 3.79. The van der Waals surface area contributed by atoms with Crippen molar-refractivity contribution in [2.24, 2.45) is 0 Å². The third-order valence-corrected chi connectivity index (χ3v) is 4.59. The van der Waals surface area contributed by atoms with Crippen LogP contribution in [0.15, 0.2) is 22.7 Å². The van der Waals surface area contributed by atoms with Crippen molar-refractivity contribution < 1.29 is 9.90 Å². The summed E-state index contributed by atoms with van der Waals surface area (Å²) in [6.45, 7) is 0. The Kier molecular flexibility index (Phi) is 2.81. The second-order valence-electron chi connectivity index (χ2n) is 2.72. The summed E-state index contributed by atoms with van der Waals surface area (Å²) in [7, 11) is 0. The van der Waals surface area contributed by atoms with Gasteiger partial charge in [0.2, 0.25) is 0 Å². The summed E-state index contributed by atoms with van der Waals surface area (Å²) in [5.41, 5.74) is 0. The summed E-state index contributed by atoms with van der Waals surface area (Å²) in [5, 5.41) is 9.82. The number of carboxylic acids is 1. The van der Waals surface area contributed by atoms with Crippen molar-refractivity contribution in [2.45, 2.75) is 0 Å². The molecule has 2 nitrogen and oxygen atoms in total. The van der Waals surface area contributed by atoms with E-state index in [1.54, 1.807) is 6.07 Å². The second-order valence-corrected chi connectivity index (χ2v) is 5.85. The Hall–Kier alpha value is -0.140. The summed E-state index contributed by atoms with van der Waals surface area (Å²) in [4.78, 5) is 11.1. The van der Waals surface area contributed by atoms with Crippen LogP contribution in [0.2, 0.25) is 0 Å². The Labute approximate surface area is 106 Å². The highest BCUT2D eigenvalue weighted by molar-refractivity contribution is 14.1. The van der Waals surface area contributed by atoms with Crippen LogP contribution in [0.25, 0.3) is 10.1 Å². The third-order valence-electron chi connectivity index (χ3n) is 1.75. The highest BCUT2D eigenvalue weighted by Gasteiger charge is 2.10. The highest BCUT2D eigenvalue weighted by atomic mass is 127. The molecular weight excluding hydrogens is 379 g/mol. The van der Waals surface area contributed by atoms with Gasteiger partial charge in [0.1, 0.15) is 4.88 Å². The number of carboxylic acid groups (broad SMARTS) is 1. The first-order valence-corrected chi connectivity index (χ1v) is 6.38. The van der Waals surface area contributed by atoms with Gasteiger partial charge in [-0.25, -0.2) is 4.79 Å². The Balaban J connectivity index is 2.76. The maximum absolute atomic E-state index is 10.8. The summed E-state index contributed by atoms with van der Waals surface area (Å²) < 4.78 is 3.08. The molecule has 1 N–H and O–H groups in total. The Morgan fingerprint density at radius 3 is 2.79 bits per heavy atom. The Morgan fingerprint density at radius 1 is 1.43 bits per heavy atom. The van der Waals surface area contributed by atoms with E-state index in [0.717, 1.165) is 18.1 Å². The van der Waals surface area contributed by atoms with Crippen molar-refractivity contribution in [1.82, 2.24) is 0 Å². The van der Waals surface area contributed by atoms with Gasteiger partial charge in [-0.15, -0.1) is 11.3 Å². The number of aromatic carboxylic acids is 1. The molecule has 1 heterocycles. The highest BCUT2D eigenvalue weighted by Crippen LogP contribution is 2.32. The van der Waals surface area contributed by atoms with Crippen LogP contribution >= 0.6 is 49.9 Å². The molecule has 2 aromatic rings. The molecule has 5 heteroatoms. The SMILES string of the molecule is O=C(O)c1cc2cc(Br)cc(I)c2s1. The first kappa shape index (κ1) is 10.4. The van der Waals surface area contributed by atoms with E-state index in [-0.39, 0.29) is 0 Å². The summed E-state index contributed by atoms with van der Waals surface area (Å²) in [6, 6.07) is 5.61. The average molecular weight is 383 g/mol. The number of carbonyl (C=O) groups is 1. The quantitative estimate of drug-likeness (QED) is 0.758. The van der Waals surface area contributed by atoms with Gasteiger partial charge < -0.3 is 5.11 Å². The topological polar surface area (TPSA) is 37.3 Å². The van der Waals surface area contributed by atoms with Crippen molar-refractivity contribution in [3.05, 3.63) is 31.1 Å². The maximum atomic E-state index is 10.8. The Morgan fingerprint density at radius 2 is 2.14 bits per heavy atom. The lowest BCUT2D eigenvalue weighted by atomic mass is 10.2. The molecule has 0 aliphatic carbocycles. The van der Waals surface area contributed by atoms with Crippen LogP contribution in [0, 0.1) is 3.57 Å². The monoisotopic (exact) mass is 382 g/mol. The van der Waals surface area contributed by atoms with Gasteiger partial charge in [0, 0.05) is 12.7 Å². The van der Waals surface area contributed by atoms with E-state index in [1.807, 2.05) is 12.1 Å². The van der Waals surface area contributed by atoms with Gasteiger partial charge in [-0.05, 0) is 46.2 Å². The molecule has 0 saturated heterocycles. The number of halogens is 2. The van der Waals surface area contributed by atoms with Crippen molar-refractivity contribution in [2.75, 3.05) is 0 Å². The molecule has 0 aliphatic heterocycles. The minimum Gasteiger partial charge on any atom is -0.477 e. The predicted octanol–water partition coefficient (Wildman–Crippen LogP) is 3.97. The number of hydrogen-bond donors (Lipinski definition) is 1. The molecule has 2 rings (SSSR count). The first-order chi connectivity index (χ1) is 6.58. The van der Waals surface area contributed by atoms with E-state index >= 15 is 0 Å². The van der Waals surface area contributed by atoms with Crippen LogP contribution in [0.3, 0.4) is 0 Å².